The van der Waals surface area contributed by atoms with E-state index in [0.717, 1.165) is 43.7 Å². The number of likely N-dealkylation sites (tertiary alicyclic amines) is 1. The van der Waals surface area contributed by atoms with Crippen molar-refractivity contribution in [2.24, 2.45) is 28.3 Å². The minimum atomic E-state index is -1.05. The zero-order valence-electron chi connectivity index (χ0n) is 17.4. The first-order valence-corrected chi connectivity index (χ1v) is 11.5. The Hall–Kier alpha value is -1.78. The molecule has 1 aliphatic carbocycles. The Labute approximate surface area is 180 Å². The standard InChI is InChI=1S/C20H31N5O4S/c1-9-15-14(10(2)26)18(27)25(15)16(19(28)29)17(9)30-13-7-12(8-13)24-5-3-11(4-6-24)23-20(21)22/h9-15,26H,3-8H2,1-2H3,(H,28,29)(H4,21,22,23)/t9-,10-,12?,13?,14-,15-/m1/s1. The van der Waals surface area contributed by atoms with Gasteiger partial charge < -0.3 is 31.5 Å². The van der Waals surface area contributed by atoms with Gasteiger partial charge in [0.05, 0.1) is 24.1 Å². The zero-order chi connectivity index (χ0) is 21.7. The largest absolute Gasteiger partial charge is 0.477 e. The highest BCUT2D eigenvalue weighted by Crippen LogP contribution is 2.53. The molecule has 0 spiro atoms. The highest BCUT2D eigenvalue weighted by Gasteiger charge is 2.60. The fourth-order valence-electron chi connectivity index (χ4n) is 5.38. The Balaban J connectivity index is 1.35. The van der Waals surface area contributed by atoms with E-state index in [1.807, 2.05) is 6.92 Å². The van der Waals surface area contributed by atoms with Gasteiger partial charge in [-0.25, -0.2) is 4.79 Å². The number of nitrogens with zero attached hydrogens (tertiary/aromatic N) is 3. The highest BCUT2D eigenvalue weighted by molar-refractivity contribution is 8.03. The van der Waals surface area contributed by atoms with Crippen LogP contribution < -0.4 is 11.5 Å². The maximum Gasteiger partial charge on any atom is 0.353 e. The number of thioether (sulfide) groups is 1. The molecule has 1 saturated carbocycles. The first-order valence-electron chi connectivity index (χ1n) is 10.7. The van der Waals surface area contributed by atoms with Crippen molar-refractivity contribution in [3.05, 3.63) is 10.6 Å². The van der Waals surface area contributed by atoms with Crippen LogP contribution in [0.25, 0.3) is 0 Å². The number of carboxylic acids is 1. The number of β-lactam (4-membered cyclic amide) rings is 1. The summed E-state index contributed by atoms with van der Waals surface area (Å²) < 4.78 is 0. The number of fused-ring (bicyclic) bond motifs is 1. The van der Waals surface area contributed by atoms with E-state index in [9.17, 15) is 19.8 Å². The van der Waals surface area contributed by atoms with Gasteiger partial charge in [-0.05, 0) is 32.6 Å². The van der Waals surface area contributed by atoms with Crippen molar-refractivity contribution in [3.8, 4) is 0 Å². The number of carboxylic acid groups (broad SMARTS) is 1. The van der Waals surface area contributed by atoms with Crippen LogP contribution in [-0.4, -0.2) is 80.4 Å². The molecule has 4 atom stereocenters. The summed E-state index contributed by atoms with van der Waals surface area (Å²) in [4.78, 5) is 33.3. The lowest BCUT2D eigenvalue weighted by Gasteiger charge is -2.46. The van der Waals surface area contributed by atoms with Gasteiger partial charge in [0, 0.05) is 35.2 Å². The van der Waals surface area contributed by atoms with Gasteiger partial charge in [-0.3, -0.25) is 9.79 Å². The second-order valence-corrected chi connectivity index (χ2v) is 10.3. The van der Waals surface area contributed by atoms with Crippen LogP contribution in [0.3, 0.4) is 0 Å². The summed E-state index contributed by atoms with van der Waals surface area (Å²) in [5.41, 5.74) is 11.1. The highest BCUT2D eigenvalue weighted by atomic mass is 32.2. The molecule has 3 fully saturated rings. The van der Waals surface area contributed by atoms with Crippen LogP contribution in [0.1, 0.15) is 39.5 Å². The molecule has 0 aromatic heterocycles. The molecule has 30 heavy (non-hydrogen) atoms. The number of aliphatic carboxylic acids is 1. The van der Waals surface area contributed by atoms with Crippen LogP contribution in [0.2, 0.25) is 0 Å². The number of nitrogens with two attached hydrogens (primary N) is 2. The van der Waals surface area contributed by atoms with Gasteiger partial charge in [0.2, 0.25) is 5.91 Å². The molecular formula is C20H31N5O4S. The summed E-state index contributed by atoms with van der Waals surface area (Å²) in [6, 6.07) is 0.483. The van der Waals surface area contributed by atoms with Crippen molar-refractivity contribution < 1.29 is 19.8 Å². The van der Waals surface area contributed by atoms with E-state index in [1.165, 1.54) is 4.90 Å². The number of guanidine groups is 1. The number of hydrogen-bond acceptors (Lipinski definition) is 6. The first kappa shape index (κ1) is 21.5. The number of piperidine rings is 1. The third-order valence-corrected chi connectivity index (χ3v) is 8.56. The number of carbonyl (C=O) groups is 2. The molecule has 166 valence electrons. The van der Waals surface area contributed by atoms with E-state index in [-0.39, 0.29) is 35.6 Å². The predicted molar refractivity (Wildman–Crippen MR) is 114 cm³/mol. The molecule has 3 heterocycles. The van der Waals surface area contributed by atoms with Gasteiger partial charge in [0.15, 0.2) is 5.96 Å². The third kappa shape index (κ3) is 3.58. The number of rotatable bonds is 6. The lowest BCUT2D eigenvalue weighted by atomic mass is 9.79. The molecule has 1 amide bonds. The maximum atomic E-state index is 12.4. The number of aliphatic hydroxyl groups is 1. The number of carbonyl (C=O) groups excluding carboxylic acids is 1. The van der Waals surface area contributed by atoms with Gasteiger partial charge >= 0.3 is 5.97 Å². The molecule has 4 rings (SSSR count). The molecule has 10 heteroatoms. The second kappa shape index (κ2) is 8.05. The smallest absolute Gasteiger partial charge is 0.353 e. The SMILES string of the molecule is C[C@@H](O)[C@H]1C(=O)N2C(C(=O)O)=C(SC3CC(N4CCC(N=C(N)N)CC4)C3)[C@H](C)[C@H]12. The van der Waals surface area contributed by atoms with Crippen LogP contribution in [0.15, 0.2) is 15.6 Å². The van der Waals surface area contributed by atoms with Crippen molar-refractivity contribution in [1.82, 2.24) is 9.80 Å². The molecule has 4 aliphatic rings. The minimum absolute atomic E-state index is 0.0622. The Morgan fingerprint density at radius 2 is 1.90 bits per heavy atom. The molecule has 0 radical (unpaired) electrons. The Kier molecular flexibility index (Phi) is 5.75. The van der Waals surface area contributed by atoms with Crippen LogP contribution in [0.4, 0.5) is 0 Å². The number of hydrogen-bond donors (Lipinski definition) is 4. The van der Waals surface area contributed by atoms with E-state index in [0.29, 0.717) is 11.3 Å². The predicted octanol–water partition coefficient (Wildman–Crippen LogP) is 0.142. The van der Waals surface area contributed by atoms with Crippen LogP contribution >= 0.6 is 11.8 Å². The molecule has 0 aromatic carbocycles. The summed E-state index contributed by atoms with van der Waals surface area (Å²) >= 11 is 1.62. The second-order valence-electron chi connectivity index (χ2n) is 8.96. The van der Waals surface area contributed by atoms with Crippen molar-refractivity contribution in [1.29, 1.82) is 0 Å². The van der Waals surface area contributed by atoms with Crippen molar-refractivity contribution in [2.45, 2.75) is 69.0 Å². The summed E-state index contributed by atoms with van der Waals surface area (Å²) in [5.74, 6) is -1.74. The molecule has 3 aliphatic heterocycles. The average molecular weight is 438 g/mol. The van der Waals surface area contributed by atoms with Gasteiger partial charge in [-0.2, -0.15) is 0 Å². The first-order chi connectivity index (χ1) is 14.2. The van der Waals surface area contributed by atoms with E-state index >= 15 is 0 Å². The summed E-state index contributed by atoms with van der Waals surface area (Å²) in [6.07, 6.45) is 3.17. The summed E-state index contributed by atoms with van der Waals surface area (Å²) in [7, 11) is 0. The summed E-state index contributed by atoms with van der Waals surface area (Å²) in [6.45, 7) is 5.53. The van der Waals surface area contributed by atoms with Crippen LogP contribution in [0.5, 0.6) is 0 Å². The third-order valence-electron chi connectivity index (χ3n) is 7.02. The van der Waals surface area contributed by atoms with Gasteiger partial charge in [0.1, 0.15) is 5.70 Å². The molecule has 9 nitrogen and oxygen atoms in total. The van der Waals surface area contributed by atoms with Crippen LogP contribution in [-0.2, 0) is 9.59 Å². The molecule has 0 bridgehead atoms. The topological polar surface area (TPSA) is 145 Å². The van der Waals surface area contributed by atoms with Crippen LogP contribution in [0, 0.1) is 11.8 Å². The fourth-order valence-corrected chi connectivity index (χ4v) is 7.03. The molecule has 0 aromatic rings. The summed E-state index contributed by atoms with van der Waals surface area (Å²) in [5, 5.41) is 20.1. The van der Waals surface area contributed by atoms with E-state index < -0.39 is 18.0 Å². The van der Waals surface area contributed by atoms with Gasteiger partial charge in [-0.1, -0.05) is 6.92 Å². The normalized spacial score (nSPS) is 35.5. The van der Waals surface area contributed by atoms with Gasteiger partial charge in [-0.15, -0.1) is 11.8 Å². The average Bonchev–Trinajstić information content (AvgIpc) is 2.87. The monoisotopic (exact) mass is 437 g/mol. The zero-order valence-corrected chi connectivity index (χ0v) is 18.2. The molecule has 2 saturated heterocycles. The lowest BCUT2D eigenvalue weighted by molar-refractivity contribution is -0.163. The minimum Gasteiger partial charge on any atom is -0.477 e. The lowest BCUT2D eigenvalue weighted by Crippen LogP contribution is -2.63. The van der Waals surface area contributed by atoms with Crippen molar-refractivity contribution >= 4 is 29.6 Å². The molecule has 6 N–H and O–H groups in total. The van der Waals surface area contributed by atoms with E-state index in [4.69, 9.17) is 11.5 Å². The van der Waals surface area contributed by atoms with Crippen molar-refractivity contribution in [2.75, 3.05) is 13.1 Å². The number of aliphatic imine (C=N–C) groups is 1. The van der Waals surface area contributed by atoms with E-state index in [1.54, 1.807) is 18.7 Å². The number of amides is 1. The molecular weight excluding hydrogens is 406 g/mol. The van der Waals surface area contributed by atoms with Crippen molar-refractivity contribution in [3.63, 3.8) is 0 Å². The Bertz CT molecular complexity index is 782. The quantitative estimate of drug-likeness (QED) is 0.261. The fraction of sp³-hybridized carbons (Fsp3) is 0.750. The maximum absolute atomic E-state index is 12.4. The Morgan fingerprint density at radius 3 is 2.43 bits per heavy atom. The molecule has 0 unspecified atom stereocenters. The Morgan fingerprint density at radius 1 is 1.27 bits per heavy atom. The number of aliphatic hydroxyl groups excluding tert-OH is 1. The van der Waals surface area contributed by atoms with E-state index in [2.05, 4.69) is 9.89 Å². The van der Waals surface area contributed by atoms with Gasteiger partial charge in [0.25, 0.3) is 0 Å².